The Bertz CT molecular complexity index is 1180. The molecule has 0 N–H and O–H groups in total. The second-order valence-electron chi connectivity index (χ2n) is 7.86. The van der Waals surface area contributed by atoms with E-state index in [1.54, 1.807) is 29.8 Å². The van der Waals surface area contributed by atoms with Gasteiger partial charge in [-0.05, 0) is 55.9 Å². The molecule has 0 aliphatic heterocycles. The average Bonchev–Trinajstić information content (AvgIpc) is 3.13. The molecular weight excluding hydrogens is 426 g/mol. The Morgan fingerprint density at radius 3 is 2.38 bits per heavy atom. The first-order chi connectivity index (χ1) is 15.2. The van der Waals surface area contributed by atoms with Crippen LogP contribution in [0.3, 0.4) is 0 Å². The summed E-state index contributed by atoms with van der Waals surface area (Å²) >= 11 is 0. The van der Waals surface area contributed by atoms with Gasteiger partial charge in [0.1, 0.15) is 13.2 Å². The van der Waals surface area contributed by atoms with Gasteiger partial charge in [0, 0.05) is 6.54 Å². The van der Waals surface area contributed by atoms with Crippen LogP contribution in [-0.4, -0.2) is 62.1 Å². The highest BCUT2D eigenvalue weighted by atomic mass is 32.2. The summed E-state index contributed by atoms with van der Waals surface area (Å²) in [7, 11) is 0.580. The summed E-state index contributed by atoms with van der Waals surface area (Å²) in [5.74, 6) is -0.266. The molecule has 3 rings (SSSR count). The molecule has 8 heteroatoms. The van der Waals surface area contributed by atoms with Gasteiger partial charge >= 0.3 is 5.97 Å². The van der Waals surface area contributed by atoms with E-state index in [-0.39, 0.29) is 18.3 Å². The van der Waals surface area contributed by atoms with Crippen LogP contribution in [0.5, 0.6) is 0 Å². The number of aromatic nitrogens is 2. The fourth-order valence-corrected chi connectivity index (χ4v) is 4.20. The number of likely N-dealkylation sites (N-methyl/N-ethyl adjacent to an activating group) is 1. The van der Waals surface area contributed by atoms with Crippen molar-refractivity contribution >= 4 is 15.8 Å². The third kappa shape index (κ3) is 5.83. The first kappa shape index (κ1) is 23.7. The lowest BCUT2D eigenvalue weighted by molar-refractivity contribution is -0.144. The molecule has 0 saturated heterocycles. The second-order valence-corrected chi connectivity index (χ2v) is 10.1. The molecule has 0 amide bonds. The van der Waals surface area contributed by atoms with Crippen molar-refractivity contribution in [1.29, 1.82) is 0 Å². The highest BCUT2D eigenvalue weighted by molar-refractivity contribution is 7.91. The highest BCUT2D eigenvalue weighted by Crippen LogP contribution is 2.27. The van der Waals surface area contributed by atoms with Gasteiger partial charge in [0.05, 0.1) is 22.0 Å². The third-order valence-electron chi connectivity index (χ3n) is 5.07. The normalized spacial score (nSPS) is 11.7. The predicted octanol–water partition coefficient (Wildman–Crippen LogP) is 3.42. The van der Waals surface area contributed by atoms with Crippen LogP contribution >= 0.6 is 0 Å². The summed E-state index contributed by atoms with van der Waals surface area (Å²) in [4.78, 5) is 14.5. The van der Waals surface area contributed by atoms with Gasteiger partial charge in [-0.15, -0.1) is 0 Å². The molecule has 0 radical (unpaired) electrons. The van der Waals surface area contributed by atoms with Crippen molar-refractivity contribution in [3.8, 4) is 22.4 Å². The van der Waals surface area contributed by atoms with E-state index in [2.05, 4.69) is 5.10 Å². The molecule has 0 fully saturated rings. The molecule has 0 unspecified atom stereocenters. The van der Waals surface area contributed by atoms with Crippen molar-refractivity contribution < 1.29 is 17.9 Å². The number of aryl methyl sites for hydroxylation is 1. The molecule has 2 aromatic carbocycles. The Labute approximate surface area is 189 Å². The van der Waals surface area contributed by atoms with Crippen LogP contribution in [0.2, 0.25) is 0 Å². The molecule has 0 spiro atoms. The zero-order valence-electron chi connectivity index (χ0n) is 18.9. The van der Waals surface area contributed by atoms with E-state index in [4.69, 9.17) is 4.74 Å². The van der Waals surface area contributed by atoms with E-state index >= 15 is 0 Å². The maximum absolute atomic E-state index is 12.2. The Morgan fingerprint density at radius 1 is 1.03 bits per heavy atom. The van der Waals surface area contributed by atoms with Crippen molar-refractivity contribution in [3.63, 3.8) is 0 Å². The molecule has 32 heavy (non-hydrogen) atoms. The number of carbonyl (C=O) groups is 1. The summed E-state index contributed by atoms with van der Waals surface area (Å²) in [6.07, 6.45) is 0. The van der Waals surface area contributed by atoms with Crippen molar-refractivity contribution in [2.75, 3.05) is 33.0 Å². The quantitative estimate of drug-likeness (QED) is 0.460. The highest BCUT2D eigenvalue weighted by Gasteiger charge is 2.14. The molecule has 0 aliphatic carbocycles. The van der Waals surface area contributed by atoms with Gasteiger partial charge in [0.15, 0.2) is 9.84 Å². The maximum atomic E-state index is 12.2. The summed E-state index contributed by atoms with van der Waals surface area (Å²) in [6.45, 7) is 4.56. The Kier molecular flexibility index (Phi) is 7.48. The van der Waals surface area contributed by atoms with Crippen LogP contribution in [0.15, 0.2) is 59.5 Å². The first-order valence-corrected chi connectivity index (χ1v) is 12.1. The van der Waals surface area contributed by atoms with E-state index in [0.717, 1.165) is 28.1 Å². The number of rotatable bonds is 9. The lowest BCUT2D eigenvalue weighted by Crippen LogP contribution is -2.22. The standard InChI is InChI=1S/C24H29N3O4S/c1-5-32(29,30)22-8-6-7-21(16-22)19-9-11-20(12-10-19)23-15-18(2)25-27(23)17-24(28)31-14-13-26(3)4/h6-12,15-16H,5,13-14,17H2,1-4H3. The van der Waals surface area contributed by atoms with Crippen molar-refractivity contribution in [2.45, 2.75) is 25.3 Å². The van der Waals surface area contributed by atoms with Gasteiger partial charge in [-0.3, -0.25) is 9.48 Å². The largest absolute Gasteiger partial charge is 0.463 e. The van der Waals surface area contributed by atoms with E-state index in [1.807, 2.05) is 62.3 Å². The summed E-state index contributed by atoms with van der Waals surface area (Å²) in [5.41, 5.74) is 4.28. The molecule has 0 saturated carbocycles. The van der Waals surface area contributed by atoms with Gasteiger partial charge in [-0.25, -0.2) is 8.42 Å². The topological polar surface area (TPSA) is 81.5 Å². The minimum absolute atomic E-state index is 0.0370. The van der Waals surface area contributed by atoms with Crippen LogP contribution < -0.4 is 0 Å². The van der Waals surface area contributed by atoms with E-state index in [9.17, 15) is 13.2 Å². The second kappa shape index (κ2) is 10.1. The fourth-order valence-electron chi connectivity index (χ4n) is 3.28. The molecule has 7 nitrogen and oxygen atoms in total. The smallest absolute Gasteiger partial charge is 0.327 e. The average molecular weight is 456 g/mol. The first-order valence-electron chi connectivity index (χ1n) is 10.5. The Hall–Kier alpha value is -2.97. The summed E-state index contributed by atoms with van der Waals surface area (Å²) in [6, 6.07) is 16.7. The zero-order chi connectivity index (χ0) is 23.3. The van der Waals surface area contributed by atoms with Crippen LogP contribution in [-0.2, 0) is 25.9 Å². The van der Waals surface area contributed by atoms with Gasteiger partial charge in [-0.1, -0.05) is 43.3 Å². The van der Waals surface area contributed by atoms with Crippen molar-refractivity contribution in [3.05, 3.63) is 60.3 Å². The predicted molar refractivity (Wildman–Crippen MR) is 125 cm³/mol. The summed E-state index contributed by atoms with van der Waals surface area (Å²) < 4.78 is 31.3. The Balaban J connectivity index is 1.80. The number of hydrogen-bond acceptors (Lipinski definition) is 6. The van der Waals surface area contributed by atoms with Crippen LogP contribution in [0.25, 0.3) is 22.4 Å². The molecule has 3 aromatic rings. The molecule has 0 atom stereocenters. The number of esters is 1. The number of nitrogens with zero attached hydrogens (tertiary/aromatic N) is 3. The van der Waals surface area contributed by atoms with Crippen LogP contribution in [0.4, 0.5) is 0 Å². The van der Waals surface area contributed by atoms with E-state index < -0.39 is 9.84 Å². The minimum Gasteiger partial charge on any atom is -0.463 e. The number of ether oxygens (including phenoxy) is 1. The van der Waals surface area contributed by atoms with Crippen LogP contribution in [0.1, 0.15) is 12.6 Å². The molecule has 0 bridgehead atoms. The van der Waals surface area contributed by atoms with Crippen molar-refractivity contribution in [1.82, 2.24) is 14.7 Å². The van der Waals surface area contributed by atoms with Gasteiger partial charge < -0.3 is 9.64 Å². The van der Waals surface area contributed by atoms with Gasteiger partial charge in [0.25, 0.3) is 0 Å². The number of hydrogen-bond donors (Lipinski definition) is 0. The zero-order valence-corrected chi connectivity index (χ0v) is 19.7. The van der Waals surface area contributed by atoms with Gasteiger partial charge in [0.2, 0.25) is 0 Å². The minimum atomic E-state index is -3.26. The third-order valence-corrected chi connectivity index (χ3v) is 6.80. The van der Waals surface area contributed by atoms with Crippen molar-refractivity contribution in [2.24, 2.45) is 0 Å². The van der Waals surface area contributed by atoms with E-state index in [0.29, 0.717) is 18.0 Å². The maximum Gasteiger partial charge on any atom is 0.327 e. The number of benzene rings is 2. The molecule has 170 valence electrons. The van der Waals surface area contributed by atoms with Crippen LogP contribution in [0, 0.1) is 6.92 Å². The van der Waals surface area contributed by atoms with Gasteiger partial charge in [-0.2, -0.15) is 5.10 Å². The van der Waals surface area contributed by atoms with E-state index in [1.165, 1.54) is 0 Å². The lowest BCUT2D eigenvalue weighted by Gasteiger charge is -2.11. The SMILES string of the molecule is CCS(=O)(=O)c1cccc(-c2ccc(-c3cc(C)nn3CC(=O)OCCN(C)C)cc2)c1. The molecule has 1 aromatic heterocycles. The number of sulfone groups is 1. The molecule has 0 aliphatic rings. The molecule has 1 heterocycles. The Morgan fingerprint density at radius 2 is 1.72 bits per heavy atom. The summed E-state index contributed by atoms with van der Waals surface area (Å²) in [5, 5.41) is 4.44. The molecular formula is C24H29N3O4S. The fraction of sp³-hybridized carbons (Fsp3) is 0.333. The lowest BCUT2D eigenvalue weighted by atomic mass is 10.0. The number of carbonyl (C=O) groups excluding carboxylic acids is 1. The monoisotopic (exact) mass is 455 g/mol.